The van der Waals surface area contributed by atoms with E-state index in [1.807, 2.05) is 0 Å². The Labute approximate surface area is 114 Å². The fourth-order valence-corrected chi connectivity index (χ4v) is 3.16. The lowest BCUT2D eigenvalue weighted by molar-refractivity contribution is 0.115. The second-order valence-electron chi connectivity index (χ2n) is 5.70. The molecule has 2 N–H and O–H groups in total. The van der Waals surface area contributed by atoms with Gasteiger partial charge in [0, 0.05) is 36.3 Å². The van der Waals surface area contributed by atoms with E-state index in [2.05, 4.69) is 41.1 Å². The monoisotopic (exact) mass is 258 g/mol. The molecule has 0 saturated carbocycles. The molecule has 1 aromatic heterocycles. The highest BCUT2D eigenvalue weighted by Gasteiger charge is 2.20. The first-order chi connectivity index (χ1) is 9.28. The molecule has 1 aliphatic heterocycles. The Morgan fingerprint density at radius 1 is 1.37 bits per heavy atom. The SMILES string of the molecule is Cc1c(CN2CCC[C@H](CO)C2)[nH]c2ccccc12. The Morgan fingerprint density at radius 2 is 2.21 bits per heavy atom. The van der Waals surface area contributed by atoms with Crippen molar-refractivity contribution in [3.63, 3.8) is 0 Å². The van der Waals surface area contributed by atoms with Crippen molar-refractivity contribution in [2.24, 2.45) is 5.92 Å². The standard InChI is InChI=1S/C16H22N2O/c1-12-14-6-2-3-7-15(14)17-16(12)10-18-8-4-5-13(9-18)11-19/h2-3,6-7,13,17,19H,4-5,8-11H2,1H3/t13-/m0/s1. The minimum absolute atomic E-state index is 0.322. The molecule has 19 heavy (non-hydrogen) atoms. The number of aromatic nitrogens is 1. The van der Waals surface area contributed by atoms with Gasteiger partial charge in [0.1, 0.15) is 0 Å². The number of nitrogens with one attached hydrogen (secondary N) is 1. The van der Waals surface area contributed by atoms with Crippen LogP contribution in [-0.2, 0) is 6.54 Å². The third-order valence-corrected chi connectivity index (χ3v) is 4.31. The number of benzene rings is 1. The molecule has 0 aliphatic carbocycles. The van der Waals surface area contributed by atoms with E-state index in [9.17, 15) is 5.11 Å². The number of hydrogen-bond acceptors (Lipinski definition) is 2. The molecule has 0 unspecified atom stereocenters. The highest BCUT2D eigenvalue weighted by molar-refractivity contribution is 5.84. The van der Waals surface area contributed by atoms with Crippen molar-refractivity contribution in [2.75, 3.05) is 19.7 Å². The number of likely N-dealkylation sites (tertiary alicyclic amines) is 1. The maximum atomic E-state index is 9.31. The molecule has 3 nitrogen and oxygen atoms in total. The first-order valence-electron chi connectivity index (χ1n) is 7.17. The maximum Gasteiger partial charge on any atom is 0.0471 e. The van der Waals surface area contributed by atoms with Crippen LogP contribution in [0.5, 0.6) is 0 Å². The van der Waals surface area contributed by atoms with Crippen molar-refractivity contribution in [3.8, 4) is 0 Å². The number of aliphatic hydroxyl groups excluding tert-OH is 1. The number of aliphatic hydroxyl groups is 1. The van der Waals surface area contributed by atoms with Gasteiger partial charge in [-0.15, -0.1) is 0 Å². The molecule has 0 radical (unpaired) electrons. The van der Waals surface area contributed by atoms with E-state index in [4.69, 9.17) is 0 Å². The minimum atomic E-state index is 0.322. The Hall–Kier alpha value is -1.32. The molecule has 2 aromatic rings. The number of aryl methyl sites for hydroxylation is 1. The molecule has 0 bridgehead atoms. The molecule has 1 fully saturated rings. The predicted octanol–water partition coefficient (Wildman–Crippen LogP) is 2.68. The summed E-state index contributed by atoms with van der Waals surface area (Å²) in [5.74, 6) is 0.457. The van der Waals surface area contributed by atoms with Crippen molar-refractivity contribution in [1.82, 2.24) is 9.88 Å². The summed E-state index contributed by atoms with van der Waals surface area (Å²) in [6.07, 6.45) is 2.36. The molecule has 2 heterocycles. The fourth-order valence-electron chi connectivity index (χ4n) is 3.16. The number of para-hydroxylation sites is 1. The second kappa shape index (κ2) is 5.35. The molecule has 102 valence electrons. The minimum Gasteiger partial charge on any atom is -0.396 e. The van der Waals surface area contributed by atoms with Gasteiger partial charge < -0.3 is 10.1 Å². The molecular weight excluding hydrogens is 236 g/mol. The van der Waals surface area contributed by atoms with E-state index < -0.39 is 0 Å². The molecule has 3 rings (SSSR count). The largest absolute Gasteiger partial charge is 0.396 e. The summed E-state index contributed by atoms with van der Waals surface area (Å²) in [5.41, 5.74) is 3.91. The van der Waals surface area contributed by atoms with E-state index in [0.717, 1.165) is 19.6 Å². The van der Waals surface area contributed by atoms with Crippen LogP contribution >= 0.6 is 0 Å². The van der Waals surface area contributed by atoms with Crippen molar-refractivity contribution >= 4 is 10.9 Å². The third kappa shape index (κ3) is 2.53. The van der Waals surface area contributed by atoms with Crippen LogP contribution < -0.4 is 0 Å². The van der Waals surface area contributed by atoms with Crippen LogP contribution in [0, 0.1) is 12.8 Å². The molecule has 1 aromatic carbocycles. The van der Waals surface area contributed by atoms with Gasteiger partial charge in [0.05, 0.1) is 0 Å². The van der Waals surface area contributed by atoms with Crippen molar-refractivity contribution in [1.29, 1.82) is 0 Å². The van der Waals surface area contributed by atoms with Gasteiger partial charge in [-0.05, 0) is 43.9 Å². The molecule has 0 amide bonds. The number of rotatable bonds is 3. The van der Waals surface area contributed by atoms with Crippen molar-refractivity contribution in [2.45, 2.75) is 26.3 Å². The highest BCUT2D eigenvalue weighted by Crippen LogP contribution is 2.24. The van der Waals surface area contributed by atoms with Crippen molar-refractivity contribution < 1.29 is 5.11 Å². The summed E-state index contributed by atoms with van der Waals surface area (Å²) in [5, 5.41) is 10.6. The molecule has 0 spiro atoms. The summed E-state index contributed by atoms with van der Waals surface area (Å²) in [6.45, 7) is 5.65. The lowest BCUT2D eigenvalue weighted by Gasteiger charge is -2.31. The van der Waals surface area contributed by atoms with Crippen LogP contribution in [0.25, 0.3) is 10.9 Å². The van der Waals surface area contributed by atoms with Crippen LogP contribution in [0.2, 0.25) is 0 Å². The lowest BCUT2D eigenvalue weighted by atomic mass is 9.99. The summed E-state index contributed by atoms with van der Waals surface area (Å²) in [6, 6.07) is 8.48. The van der Waals surface area contributed by atoms with Crippen LogP contribution in [0.1, 0.15) is 24.1 Å². The first-order valence-corrected chi connectivity index (χ1v) is 7.17. The molecule has 3 heteroatoms. The van der Waals surface area contributed by atoms with Gasteiger partial charge >= 0.3 is 0 Å². The number of nitrogens with zero attached hydrogens (tertiary/aromatic N) is 1. The van der Waals surface area contributed by atoms with Crippen LogP contribution in [-0.4, -0.2) is 34.7 Å². The molecule has 1 saturated heterocycles. The maximum absolute atomic E-state index is 9.31. The fraction of sp³-hybridized carbons (Fsp3) is 0.500. The molecule has 1 aliphatic rings. The van der Waals surface area contributed by atoms with Crippen molar-refractivity contribution in [3.05, 3.63) is 35.5 Å². The Bertz CT molecular complexity index is 561. The Morgan fingerprint density at radius 3 is 3.00 bits per heavy atom. The van der Waals surface area contributed by atoms with Gasteiger partial charge in [-0.25, -0.2) is 0 Å². The average Bonchev–Trinajstić information content (AvgIpc) is 2.76. The van der Waals surface area contributed by atoms with E-state index in [1.165, 1.54) is 35.0 Å². The molecule has 1 atom stereocenters. The average molecular weight is 258 g/mol. The summed E-state index contributed by atoms with van der Waals surface area (Å²) >= 11 is 0. The summed E-state index contributed by atoms with van der Waals surface area (Å²) < 4.78 is 0. The van der Waals surface area contributed by atoms with E-state index in [0.29, 0.717) is 12.5 Å². The van der Waals surface area contributed by atoms with Gasteiger partial charge in [0.2, 0.25) is 0 Å². The van der Waals surface area contributed by atoms with Gasteiger partial charge in [-0.3, -0.25) is 4.90 Å². The lowest BCUT2D eigenvalue weighted by Crippen LogP contribution is -2.36. The van der Waals surface area contributed by atoms with Gasteiger partial charge in [-0.2, -0.15) is 0 Å². The predicted molar refractivity (Wildman–Crippen MR) is 78.1 cm³/mol. The quantitative estimate of drug-likeness (QED) is 0.888. The number of aromatic amines is 1. The first kappa shape index (κ1) is 12.7. The zero-order chi connectivity index (χ0) is 13.2. The summed E-state index contributed by atoms with van der Waals surface area (Å²) in [4.78, 5) is 6.00. The van der Waals surface area contributed by atoms with E-state index in [-0.39, 0.29) is 0 Å². The van der Waals surface area contributed by atoms with Crippen LogP contribution in [0.15, 0.2) is 24.3 Å². The van der Waals surface area contributed by atoms with E-state index in [1.54, 1.807) is 0 Å². The third-order valence-electron chi connectivity index (χ3n) is 4.31. The normalized spacial score (nSPS) is 21.1. The Balaban J connectivity index is 1.79. The topological polar surface area (TPSA) is 39.3 Å². The second-order valence-corrected chi connectivity index (χ2v) is 5.70. The summed E-state index contributed by atoms with van der Waals surface area (Å²) in [7, 11) is 0. The number of H-pyrrole nitrogens is 1. The smallest absolute Gasteiger partial charge is 0.0471 e. The van der Waals surface area contributed by atoms with Crippen LogP contribution in [0.4, 0.5) is 0 Å². The van der Waals surface area contributed by atoms with Gasteiger partial charge in [0.25, 0.3) is 0 Å². The zero-order valence-corrected chi connectivity index (χ0v) is 11.5. The number of hydrogen-bond donors (Lipinski definition) is 2. The van der Waals surface area contributed by atoms with Crippen LogP contribution in [0.3, 0.4) is 0 Å². The van der Waals surface area contributed by atoms with Gasteiger partial charge in [-0.1, -0.05) is 18.2 Å². The molecular formula is C16H22N2O. The zero-order valence-electron chi connectivity index (χ0n) is 11.5. The highest BCUT2D eigenvalue weighted by atomic mass is 16.3. The van der Waals surface area contributed by atoms with E-state index >= 15 is 0 Å². The number of fused-ring (bicyclic) bond motifs is 1. The Kier molecular flexibility index (Phi) is 3.58. The van der Waals surface area contributed by atoms with Gasteiger partial charge in [0.15, 0.2) is 0 Å². The number of piperidine rings is 1.